The molecule has 148 valence electrons. The van der Waals surface area contributed by atoms with E-state index in [4.69, 9.17) is 4.74 Å². The van der Waals surface area contributed by atoms with Crippen LogP contribution in [-0.2, 0) is 9.53 Å². The monoisotopic (exact) mass is 362 g/mol. The summed E-state index contributed by atoms with van der Waals surface area (Å²) in [7, 11) is 1.69. The molecule has 0 bridgehead atoms. The molecule has 0 amide bonds. The number of aliphatic hydroxyl groups is 1. The first-order valence-corrected chi connectivity index (χ1v) is 11.1. The second-order valence-corrected chi connectivity index (χ2v) is 10.5. The molecule has 4 fully saturated rings. The summed E-state index contributed by atoms with van der Waals surface area (Å²) < 4.78 is 5.17. The first-order valence-electron chi connectivity index (χ1n) is 11.1. The molecule has 0 radical (unpaired) electrons. The van der Waals surface area contributed by atoms with Crippen molar-refractivity contribution in [2.75, 3.05) is 13.7 Å². The van der Waals surface area contributed by atoms with Gasteiger partial charge in [-0.3, -0.25) is 4.79 Å². The third-order valence-electron chi connectivity index (χ3n) is 9.58. The molecule has 4 saturated carbocycles. The zero-order valence-corrected chi connectivity index (χ0v) is 17.0. The first kappa shape index (κ1) is 18.9. The predicted molar refractivity (Wildman–Crippen MR) is 103 cm³/mol. The summed E-state index contributed by atoms with van der Waals surface area (Å²) in [5, 5.41) is 10.2. The van der Waals surface area contributed by atoms with Crippen LogP contribution in [0.15, 0.2) is 0 Å². The van der Waals surface area contributed by atoms with E-state index in [1.807, 2.05) is 0 Å². The summed E-state index contributed by atoms with van der Waals surface area (Å²) >= 11 is 0. The summed E-state index contributed by atoms with van der Waals surface area (Å²) in [4.78, 5) is 12.8. The van der Waals surface area contributed by atoms with Crippen LogP contribution in [0.5, 0.6) is 0 Å². The molecule has 0 spiro atoms. The van der Waals surface area contributed by atoms with Crippen molar-refractivity contribution in [3.8, 4) is 0 Å². The zero-order chi connectivity index (χ0) is 18.5. The number of rotatable bonds is 4. The van der Waals surface area contributed by atoms with Crippen LogP contribution >= 0.6 is 0 Å². The van der Waals surface area contributed by atoms with Gasteiger partial charge in [0.1, 0.15) is 5.78 Å². The molecule has 0 aromatic rings. The van der Waals surface area contributed by atoms with Gasteiger partial charge in [0.25, 0.3) is 0 Å². The average Bonchev–Trinajstić information content (AvgIpc) is 2.97. The number of carbonyl (C=O) groups is 1. The topological polar surface area (TPSA) is 46.5 Å². The van der Waals surface area contributed by atoms with Gasteiger partial charge in [-0.1, -0.05) is 13.8 Å². The highest BCUT2D eigenvalue weighted by atomic mass is 16.5. The first-order chi connectivity index (χ1) is 12.4. The second-order valence-electron chi connectivity index (χ2n) is 10.5. The van der Waals surface area contributed by atoms with Crippen molar-refractivity contribution >= 4 is 5.78 Å². The number of Topliss-reactive ketones (excluding diaryl/α,β-unsaturated/α-hetero) is 1. The Morgan fingerprint density at radius 3 is 2.50 bits per heavy atom. The lowest BCUT2D eigenvalue weighted by molar-refractivity contribution is -0.140. The quantitative estimate of drug-likeness (QED) is 0.794. The highest BCUT2D eigenvalue weighted by Crippen LogP contribution is 2.67. The summed E-state index contributed by atoms with van der Waals surface area (Å²) in [6, 6.07) is 0. The molecular weight excluding hydrogens is 324 g/mol. The molecular formula is C23H38O3. The Morgan fingerprint density at radius 1 is 1.00 bits per heavy atom. The van der Waals surface area contributed by atoms with Gasteiger partial charge in [0, 0.05) is 19.4 Å². The van der Waals surface area contributed by atoms with Crippen molar-refractivity contribution in [1.29, 1.82) is 0 Å². The molecule has 1 N–H and O–H groups in total. The number of ether oxygens (including phenoxy) is 1. The molecule has 3 heteroatoms. The van der Waals surface area contributed by atoms with E-state index >= 15 is 0 Å². The number of aliphatic hydroxyl groups excluding tert-OH is 1. The van der Waals surface area contributed by atoms with Gasteiger partial charge in [0.05, 0.1) is 12.7 Å². The van der Waals surface area contributed by atoms with Crippen molar-refractivity contribution in [2.24, 2.45) is 40.4 Å². The molecule has 0 aromatic heterocycles. The van der Waals surface area contributed by atoms with Crippen molar-refractivity contribution in [3.05, 3.63) is 0 Å². The maximum Gasteiger partial charge on any atom is 0.138 e. The van der Waals surface area contributed by atoms with Crippen molar-refractivity contribution in [1.82, 2.24) is 0 Å². The van der Waals surface area contributed by atoms with E-state index in [9.17, 15) is 9.90 Å². The fourth-order valence-corrected chi connectivity index (χ4v) is 8.14. The summed E-state index contributed by atoms with van der Waals surface area (Å²) in [5.41, 5.74) is 0.658. The fourth-order valence-electron chi connectivity index (χ4n) is 8.14. The van der Waals surface area contributed by atoms with Gasteiger partial charge in [-0.25, -0.2) is 0 Å². The van der Waals surface area contributed by atoms with Gasteiger partial charge < -0.3 is 9.84 Å². The SMILES string of the molecule is COCCC(=O)[C@H]1CC[C@H]2[C@@H]3CCC4CC(O)CC[C@]4(C)[C@H]3CC[C@]12C. The molecule has 3 nitrogen and oxygen atoms in total. The van der Waals surface area contributed by atoms with Crippen LogP contribution in [0.1, 0.15) is 78.1 Å². The molecule has 26 heavy (non-hydrogen) atoms. The van der Waals surface area contributed by atoms with Gasteiger partial charge in [-0.2, -0.15) is 0 Å². The van der Waals surface area contributed by atoms with Crippen LogP contribution in [0, 0.1) is 40.4 Å². The van der Waals surface area contributed by atoms with Crippen LogP contribution in [-0.4, -0.2) is 30.7 Å². The Hall–Kier alpha value is -0.410. The molecule has 4 rings (SSSR count). The Kier molecular flexibility index (Phi) is 5.01. The van der Waals surface area contributed by atoms with Crippen LogP contribution in [0.4, 0.5) is 0 Å². The van der Waals surface area contributed by atoms with Gasteiger partial charge >= 0.3 is 0 Å². The van der Waals surface area contributed by atoms with Crippen LogP contribution in [0.2, 0.25) is 0 Å². The Morgan fingerprint density at radius 2 is 1.73 bits per heavy atom. The van der Waals surface area contributed by atoms with Crippen LogP contribution < -0.4 is 0 Å². The number of ketones is 1. The lowest BCUT2D eigenvalue weighted by atomic mass is 9.44. The van der Waals surface area contributed by atoms with Gasteiger partial charge in [0.2, 0.25) is 0 Å². The van der Waals surface area contributed by atoms with E-state index in [-0.39, 0.29) is 17.4 Å². The van der Waals surface area contributed by atoms with Gasteiger partial charge in [-0.15, -0.1) is 0 Å². The van der Waals surface area contributed by atoms with Crippen molar-refractivity contribution < 1.29 is 14.6 Å². The highest BCUT2D eigenvalue weighted by Gasteiger charge is 2.60. The van der Waals surface area contributed by atoms with Crippen LogP contribution in [0.3, 0.4) is 0 Å². The number of hydrogen-bond acceptors (Lipinski definition) is 3. The number of carbonyl (C=O) groups excluding carboxylic acids is 1. The minimum absolute atomic E-state index is 0.0623. The maximum absolute atomic E-state index is 12.8. The molecule has 4 aliphatic carbocycles. The summed E-state index contributed by atoms with van der Waals surface area (Å²) in [6.45, 7) is 5.55. The normalized spacial score (nSPS) is 50.6. The van der Waals surface area contributed by atoms with E-state index in [2.05, 4.69) is 13.8 Å². The van der Waals surface area contributed by atoms with Gasteiger partial charge in [-0.05, 0) is 92.3 Å². The van der Waals surface area contributed by atoms with Crippen LogP contribution in [0.25, 0.3) is 0 Å². The average molecular weight is 363 g/mol. The second kappa shape index (κ2) is 6.88. The standard InChI is InChI=1S/C23H38O3/c1-22-11-8-16(24)14-15(22)4-5-17-18-6-7-20(21(25)10-13-26-3)23(18,2)12-9-19(17)22/h15-20,24H,4-14H2,1-3H3/t15?,16?,17-,18-,19-,20+,22-,23-/m0/s1. The predicted octanol–water partition coefficient (Wildman–Crippen LogP) is 4.61. The third-order valence-corrected chi connectivity index (χ3v) is 9.58. The van der Waals surface area contributed by atoms with E-state index in [1.165, 1.54) is 38.5 Å². The molecule has 0 heterocycles. The summed E-state index contributed by atoms with van der Waals surface area (Å²) in [5.74, 6) is 3.81. The molecule has 0 saturated heterocycles. The Balaban J connectivity index is 1.53. The number of fused-ring (bicyclic) bond motifs is 5. The molecule has 0 aromatic carbocycles. The van der Waals surface area contributed by atoms with E-state index in [1.54, 1.807) is 7.11 Å². The number of methoxy groups -OCH3 is 1. The number of hydrogen-bond donors (Lipinski definition) is 1. The van der Waals surface area contributed by atoms with Crippen molar-refractivity contribution in [3.63, 3.8) is 0 Å². The largest absolute Gasteiger partial charge is 0.393 e. The molecule has 8 atom stereocenters. The zero-order valence-electron chi connectivity index (χ0n) is 17.0. The minimum atomic E-state index is -0.0623. The molecule has 0 aliphatic heterocycles. The van der Waals surface area contributed by atoms with E-state index in [0.717, 1.165) is 42.9 Å². The summed E-state index contributed by atoms with van der Waals surface area (Å²) in [6.07, 6.45) is 11.3. The Labute approximate surface area is 159 Å². The van der Waals surface area contributed by atoms with Gasteiger partial charge in [0.15, 0.2) is 0 Å². The lowest BCUT2D eigenvalue weighted by Gasteiger charge is -2.60. The third kappa shape index (κ3) is 2.80. The molecule has 4 aliphatic rings. The smallest absolute Gasteiger partial charge is 0.138 e. The lowest BCUT2D eigenvalue weighted by Crippen LogP contribution is -2.54. The van der Waals surface area contributed by atoms with Crippen molar-refractivity contribution in [2.45, 2.75) is 84.2 Å². The van der Waals surface area contributed by atoms with E-state index < -0.39 is 0 Å². The molecule has 2 unspecified atom stereocenters. The Bertz CT molecular complexity index is 546. The van der Waals surface area contributed by atoms with E-state index in [0.29, 0.717) is 24.2 Å². The highest BCUT2D eigenvalue weighted by molar-refractivity contribution is 5.82. The minimum Gasteiger partial charge on any atom is -0.393 e. The maximum atomic E-state index is 12.8. The fraction of sp³-hybridized carbons (Fsp3) is 0.957.